The minimum atomic E-state index is 0.0636. The Morgan fingerprint density at radius 2 is 2.17 bits per heavy atom. The molecule has 0 bridgehead atoms. The molecule has 0 spiro atoms. The lowest BCUT2D eigenvalue weighted by Gasteiger charge is -1.98. The fourth-order valence-corrected chi connectivity index (χ4v) is 0.858. The molecule has 0 saturated carbocycles. The van der Waals surface area contributed by atoms with Crippen LogP contribution in [0.5, 0.6) is 5.75 Å². The molecule has 12 heavy (non-hydrogen) atoms. The number of allylic oxidation sites excluding steroid dienone is 1. The third-order valence-corrected chi connectivity index (χ3v) is 1.45. The molecule has 0 unspecified atom stereocenters. The van der Waals surface area contributed by atoms with Crippen molar-refractivity contribution in [1.82, 2.24) is 0 Å². The summed E-state index contributed by atoms with van der Waals surface area (Å²) in [6.07, 6.45) is 1.23. The van der Waals surface area contributed by atoms with Crippen molar-refractivity contribution in [2.75, 3.05) is 0 Å². The molecule has 62 valence electrons. The van der Waals surface area contributed by atoms with E-state index in [-0.39, 0.29) is 11.3 Å². The second kappa shape index (κ2) is 3.57. The van der Waals surface area contributed by atoms with Gasteiger partial charge in [0.1, 0.15) is 5.75 Å². The van der Waals surface area contributed by atoms with Gasteiger partial charge in [0.25, 0.3) is 0 Å². The van der Waals surface area contributed by atoms with Crippen LogP contribution in [0.4, 0.5) is 0 Å². The number of aromatic hydroxyl groups is 1. The van der Waals surface area contributed by atoms with E-state index in [1.165, 1.54) is 12.1 Å². The SMILES string of the molecule is O=C/C(=C/O)c1cccc(O)c1. The standard InChI is InChI=1S/C9H8O3/c10-5-8(6-11)7-2-1-3-9(12)4-7/h1-6,10,12H/b8-5-. The molecule has 0 aliphatic carbocycles. The van der Waals surface area contributed by atoms with Crippen molar-refractivity contribution in [1.29, 1.82) is 0 Å². The van der Waals surface area contributed by atoms with Gasteiger partial charge in [-0.25, -0.2) is 0 Å². The highest BCUT2D eigenvalue weighted by Crippen LogP contribution is 2.16. The Hall–Kier alpha value is -1.77. The van der Waals surface area contributed by atoms with E-state index < -0.39 is 0 Å². The summed E-state index contributed by atoms with van der Waals surface area (Å²) in [5.41, 5.74) is 0.637. The number of hydrogen-bond donors (Lipinski definition) is 2. The summed E-state index contributed by atoms with van der Waals surface area (Å²) in [5, 5.41) is 17.6. The number of aliphatic hydroxyl groups excluding tert-OH is 1. The summed E-state index contributed by atoms with van der Waals surface area (Å²) < 4.78 is 0. The highest BCUT2D eigenvalue weighted by atomic mass is 16.3. The highest BCUT2D eigenvalue weighted by Gasteiger charge is 1.99. The van der Waals surface area contributed by atoms with Crippen molar-refractivity contribution < 1.29 is 15.0 Å². The van der Waals surface area contributed by atoms with Crippen molar-refractivity contribution >= 4 is 11.9 Å². The van der Waals surface area contributed by atoms with Gasteiger partial charge in [0.05, 0.1) is 11.8 Å². The normalized spacial score (nSPS) is 11.2. The molecule has 0 heterocycles. The van der Waals surface area contributed by atoms with E-state index in [9.17, 15) is 4.79 Å². The number of rotatable bonds is 2. The predicted molar refractivity (Wildman–Crippen MR) is 44.8 cm³/mol. The number of phenols is 1. The van der Waals surface area contributed by atoms with Crippen molar-refractivity contribution in [3.05, 3.63) is 36.1 Å². The molecule has 0 amide bonds. The van der Waals surface area contributed by atoms with Gasteiger partial charge in [-0.15, -0.1) is 0 Å². The Labute approximate surface area is 69.6 Å². The van der Waals surface area contributed by atoms with Crippen LogP contribution < -0.4 is 0 Å². The van der Waals surface area contributed by atoms with Crippen LogP contribution in [0.15, 0.2) is 30.5 Å². The van der Waals surface area contributed by atoms with E-state index in [0.717, 1.165) is 0 Å². The van der Waals surface area contributed by atoms with E-state index in [1.807, 2.05) is 0 Å². The Morgan fingerprint density at radius 3 is 2.67 bits per heavy atom. The smallest absolute Gasteiger partial charge is 0.153 e. The number of aliphatic hydroxyl groups is 1. The average molecular weight is 164 g/mol. The molecule has 0 aromatic heterocycles. The third-order valence-electron chi connectivity index (χ3n) is 1.45. The molecule has 2 N–H and O–H groups in total. The second-order valence-corrected chi connectivity index (χ2v) is 2.25. The van der Waals surface area contributed by atoms with Gasteiger partial charge in [-0.05, 0) is 17.7 Å². The van der Waals surface area contributed by atoms with Gasteiger partial charge < -0.3 is 10.2 Å². The molecule has 0 fully saturated rings. The zero-order valence-electron chi connectivity index (χ0n) is 6.27. The van der Waals surface area contributed by atoms with Crippen LogP contribution >= 0.6 is 0 Å². The molecule has 0 aliphatic heterocycles. The van der Waals surface area contributed by atoms with Gasteiger partial charge in [-0.2, -0.15) is 0 Å². The Balaban J connectivity index is 3.10. The highest BCUT2D eigenvalue weighted by molar-refractivity contribution is 6.06. The summed E-state index contributed by atoms with van der Waals surface area (Å²) >= 11 is 0. The number of aldehydes is 1. The fraction of sp³-hybridized carbons (Fsp3) is 0. The number of hydrogen-bond acceptors (Lipinski definition) is 3. The number of benzene rings is 1. The van der Waals surface area contributed by atoms with Gasteiger partial charge in [-0.1, -0.05) is 12.1 Å². The predicted octanol–water partition coefficient (Wildman–Crippen LogP) is 1.49. The Bertz CT molecular complexity index is 315. The van der Waals surface area contributed by atoms with Gasteiger partial charge in [0.2, 0.25) is 0 Å². The lowest BCUT2D eigenvalue weighted by molar-refractivity contribution is -0.103. The van der Waals surface area contributed by atoms with Crippen LogP contribution in [0, 0.1) is 0 Å². The average Bonchev–Trinajstić information content (AvgIpc) is 2.07. The summed E-state index contributed by atoms with van der Waals surface area (Å²) in [6.45, 7) is 0. The van der Waals surface area contributed by atoms with E-state index >= 15 is 0 Å². The van der Waals surface area contributed by atoms with Crippen LogP contribution in [0.25, 0.3) is 5.57 Å². The fourth-order valence-electron chi connectivity index (χ4n) is 0.858. The summed E-state index contributed by atoms with van der Waals surface area (Å²) in [5.74, 6) is 0.0636. The molecule has 0 aliphatic rings. The van der Waals surface area contributed by atoms with Gasteiger partial charge in [0.15, 0.2) is 6.29 Å². The molecule has 0 atom stereocenters. The Kier molecular flexibility index (Phi) is 2.48. The molecule has 3 heteroatoms. The monoisotopic (exact) mass is 164 g/mol. The second-order valence-electron chi connectivity index (χ2n) is 2.25. The lowest BCUT2D eigenvalue weighted by atomic mass is 10.1. The van der Waals surface area contributed by atoms with Gasteiger partial charge >= 0.3 is 0 Å². The topological polar surface area (TPSA) is 57.5 Å². The first-order valence-electron chi connectivity index (χ1n) is 3.37. The van der Waals surface area contributed by atoms with Crippen LogP contribution in [-0.2, 0) is 4.79 Å². The van der Waals surface area contributed by atoms with E-state index in [4.69, 9.17) is 10.2 Å². The zero-order chi connectivity index (χ0) is 8.97. The number of carbonyl (C=O) groups is 1. The Morgan fingerprint density at radius 1 is 1.42 bits per heavy atom. The molecule has 0 radical (unpaired) electrons. The molecule has 0 saturated heterocycles. The van der Waals surface area contributed by atoms with Crippen LogP contribution in [0.2, 0.25) is 0 Å². The largest absolute Gasteiger partial charge is 0.515 e. The minimum absolute atomic E-state index is 0.0636. The maximum atomic E-state index is 10.3. The van der Waals surface area contributed by atoms with Crippen molar-refractivity contribution in [3.63, 3.8) is 0 Å². The molecule has 1 aromatic rings. The first kappa shape index (κ1) is 8.33. The molecular weight excluding hydrogens is 156 g/mol. The van der Waals surface area contributed by atoms with Gasteiger partial charge in [0, 0.05) is 0 Å². The van der Waals surface area contributed by atoms with Crippen LogP contribution in [0.1, 0.15) is 5.56 Å². The summed E-state index contributed by atoms with van der Waals surface area (Å²) in [7, 11) is 0. The summed E-state index contributed by atoms with van der Waals surface area (Å²) in [6, 6.07) is 6.10. The van der Waals surface area contributed by atoms with E-state index in [2.05, 4.69) is 0 Å². The summed E-state index contributed by atoms with van der Waals surface area (Å²) in [4.78, 5) is 10.3. The third kappa shape index (κ3) is 1.63. The number of phenolic OH excluding ortho intramolecular Hbond substituents is 1. The first-order valence-corrected chi connectivity index (χ1v) is 3.37. The number of carbonyl (C=O) groups excluding carboxylic acids is 1. The molecule has 1 aromatic carbocycles. The molecule has 1 rings (SSSR count). The van der Waals surface area contributed by atoms with Crippen molar-refractivity contribution in [2.24, 2.45) is 0 Å². The molecule has 3 nitrogen and oxygen atoms in total. The van der Waals surface area contributed by atoms with Crippen LogP contribution in [-0.4, -0.2) is 16.5 Å². The maximum absolute atomic E-state index is 10.3. The quantitative estimate of drug-likeness (QED) is 0.395. The van der Waals surface area contributed by atoms with Gasteiger partial charge in [-0.3, -0.25) is 4.79 Å². The maximum Gasteiger partial charge on any atom is 0.153 e. The van der Waals surface area contributed by atoms with Crippen molar-refractivity contribution in [3.8, 4) is 5.75 Å². The zero-order valence-corrected chi connectivity index (χ0v) is 6.27. The molecular formula is C9H8O3. The van der Waals surface area contributed by atoms with Crippen LogP contribution in [0.3, 0.4) is 0 Å². The van der Waals surface area contributed by atoms with Crippen molar-refractivity contribution in [2.45, 2.75) is 0 Å². The van der Waals surface area contributed by atoms with E-state index in [1.54, 1.807) is 12.1 Å². The van der Waals surface area contributed by atoms with E-state index in [0.29, 0.717) is 18.1 Å². The first-order chi connectivity index (χ1) is 5.77. The minimum Gasteiger partial charge on any atom is -0.515 e. The lowest BCUT2D eigenvalue weighted by Crippen LogP contribution is -1.84.